The quantitative estimate of drug-likeness (QED) is 0.907. The van der Waals surface area contributed by atoms with Crippen molar-refractivity contribution in [1.82, 2.24) is 9.88 Å². The molecule has 0 radical (unpaired) electrons. The van der Waals surface area contributed by atoms with Gasteiger partial charge in [0.15, 0.2) is 0 Å². The third-order valence-corrected chi connectivity index (χ3v) is 4.63. The van der Waals surface area contributed by atoms with Crippen molar-refractivity contribution >= 4 is 23.2 Å². The number of aliphatic carboxylic acids is 1. The normalized spacial score (nSPS) is 23.3. The maximum Gasteiger partial charge on any atom is 0.311 e. The van der Waals surface area contributed by atoms with Crippen LogP contribution in [0.1, 0.15) is 35.1 Å². The summed E-state index contributed by atoms with van der Waals surface area (Å²) >= 11 is 1.31. The summed E-state index contributed by atoms with van der Waals surface area (Å²) in [4.78, 5) is 29.9. The van der Waals surface area contributed by atoms with Gasteiger partial charge in [0.05, 0.1) is 16.6 Å². The molecule has 1 aromatic rings. The van der Waals surface area contributed by atoms with Crippen molar-refractivity contribution in [3.8, 4) is 0 Å². The van der Waals surface area contributed by atoms with Gasteiger partial charge in [-0.15, -0.1) is 11.3 Å². The molecule has 1 fully saturated rings. The van der Waals surface area contributed by atoms with Gasteiger partial charge in [-0.1, -0.05) is 6.92 Å². The number of carbonyl (C=O) groups excluding carboxylic acids is 1. The topological polar surface area (TPSA) is 70.5 Å². The standard InChI is InChI=1S/C12H16N2O3S/c1-3-12(11(16)17)4-5-14(6-12)10(15)9-8(2)13-7-18-9/h7H,3-6H2,1-2H3,(H,16,17). The lowest BCUT2D eigenvalue weighted by Crippen LogP contribution is -2.36. The lowest BCUT2D eigenvalue weighted by Gasteiger charge is -2.22. The molecule has 1 N–H and O–H groups in total. The fourth-order valence-corrected chi connectivity index (χ4v) is 3.08. The molecule has 0 bridgehead atoms. The number of likely N-dealkylation sites (tertiary alicyclic amines) is 1. The lowest BCUT2D eigenvalue weighted by atomic mass is 9.84. The maximum atomic E-state index is 12.3. The Labute approximate surface area is 109 Å². The van der Waals surface area contributed by atoms with Crippen LogP contribution in [0.4, 0.5) is 0 Å². The van der Waals surface area contributed by atoms with E-state index in [2.05, 4.69) is 4.98 Å². The summed E-state index contributed by atoms with van der Waals surface area (Å²) in [5, 5.41) is 9.30. The van der Waals surface area contributed by atoms with Gasteiger partial charge in [0.25, 0.3) is 5.91 Å². The molecule has 6 heteroatoms. The third kappa shape index (κ3) is 2.01. The molecule has 0 aliphatic carbocycles. The second kappa shape index (κ2) is 4.68. The van der Waals surface area contributed by atoms with Gasteiger partial charge < -0.3 is 10.0 Å². The minimum atomic E-state index is -0.804. The number of nitrogens with zero attached hydrogens (tertiary/aromatic N) is 2. The Morgan fingerprint density at radius 1 is 1.61 bits per heavy atom. The third-order valence-electron chi connectivity index (χ3n) is 3.71. The highest BCUT2D eigenvalue weighted by Gasteiger charge is 2.45. The lowest BCUT2D eigenvalue weighted by molar-refractivity contribution is -0.148. The Bertz CT molecular complexity index is 485. The Morgan fingerprint density at radius 3 is 2.78 bits per heavy atom. The van der Waals surface area contributed by atoms with Gasteiger partial charge in [0.2, 0.25) is 0 Å². The first-order valence-corrected chi connectivity index (χ1v) is 6.81. The summed E-state index contributed by atoms with van der Waals surface area (Å²) in [6.45, 7) is 4.47. The number of thiazole rings is 1. The molecule has 98 valence electrons. The summed E-state index contributed by atoms with van der Waals surface area (Å²) in [5.41, 5.74) is 1.59. The van der Waals surface area contributed by atoms with E-state index in [0.29, 0.717) is 36.5 Å². The van der Waals surface area contributed by atoms with Crippen LogP contribution in [-0.4, -0.2) is 40.0 Å². The molecule has 1 aliphatic heterocycles. The fourth-order valence-electron chi connectivity index (χ4n) is 2.31. The second-order valence-corrected chi connectivity index (χ2v) is 5.54. The van der Waals surface area contributed by atoms with Crippen LogP contribution in [0.15, 0.2) is 5.51 Å². The van der Waals surface area contributed by atoms with Gasteiger partial charge in [0.1, 0.15) is 4.88 Å². The minimum absolute atomic E-state index is 0.0911. The van der Waals surface area contributed by atoms with Crippen LogP contribution in [0.2, 0.25) is 0 Å². The molecule has 1 aliphatic rings. The van der Waals surface area contributed by atoms with E-state index in [1.54, 1.807) is 17.3 Å². The van der Waals surface area contributed by atoms with Gasteiger partial charge in [-0.3, -0.25) is 9.59 Å². The number of carboxylic acids is 1. The van der Waals surface area contributed by atoms with E-state index in [0.717, 1.165) is 0 Å². The van der Waals surface area contributed by atoms with E-state index in [1.165, 1.54) is 11.3 Å². The molecule has 2 rings (SSSR count). The average Bonchev–Trinajstić information content (AvgIpc) is 2.95. The molecule has 2 heterocycles. The Hall–Kier alpha value is -1.43. The average molecular weight is 268 g/mol. The van der Waals surface area contributed by atoms with Gasteiger partial charge in [-0.05, 0) is 19.8 Å². The highest BCUT2D eigenvalue weighted by atomic mass is 32.1. The van der Waals surface area contributed by atoms with Crippen molar-refractivity contribution in [2.75, 3.05) is 13.1 Å². The highest BCUT2D eigenvalue weighted by Crippen LogP contribution is 2.35. The van der Waals surface area contributed by atoms with E-state index >= 15 is 0 Å². The number of amides is 1. The zero-order valence-electron chi connectivity index (χ0n) is 10.5. The summed E-state index contributed by atoms with van der Waals surface area (Å²) in [5.74, 6) is -0.895. The van der Waals surface area contributed by atoms with E-state index in [1.807, 2.05) is 6.92 Å². The number of aryl methyl sites for hydroxylation is 1. The fraction of sp³-hybridized carbons (Fsp3) is 0.583. The molecule has 1 unspecified atom stereocenters. The monoisotopic (exact) mass is 268 g/mol. The minimum Gasteiger partial charge on any atom is -0.481 e. The van der Waals surface area contributed by atoms with Crippen molar-refractivity contribution in [2.24, 2.45) is 5.41 Å². The molecule has 1 amide bonds. The van der Waals surface area contributed by atoms with Gasteiger partial charge in [-0.2, -0.15) is 0 Å². The summed E-state index contributed by atoms with van der Waals surface area (Å²) in [6, 6.07) is 0. The van der Waals surface area contributed by atoms with Crippen LogP contribution in [-0.2, 0) is 4.79 Å². The molecule has 5 nitrogen and oxygen atoms in total. The zero-order chi connectivity index (χ0) is 13.3. The molecular formula is C12H16N2O3S. The van der Waals surface area contributed by atoms with E-state index < -0.39 is 11.4 Å². The molecule has 1 atom stereocenters. The van der Waals surface area contributed by atoms with Gasteiger partial charge in [-0.25, -0.2) is 4.98 Å². The van der Waals surface area contributed by atoms with Crippen LogP contribution in [0.3, 0.4) is 0 Å². The Kier molecular flexibility index (Phi) is 3.38. The van der Waals surface area contributed by atoms with Gasteiger partial charge >= 0.3 is 5.97 Å². The SMILES string of the molecule is CCC1(C(=O)O)CCN(C(=O)c2scnc2C)C1. The van der Waals surface area contributed by atoms with Crippen LogP contribution < -0.4 is 0 Å². The first-order valence-electron chi connectivity index (χ1n) is 5.93. The number of carboxylic acid groups (broad SMARTS) is 1. The molecule has 0 aromatic carbocycles. The molecule has 1 saturated heterocycles. The van der Waals surface area contributed by atoms with Crippen LogP contribution in [0.5, 0.6) is 0 Å². The molecule has 0 saturated carbocycles. The van der Waals surface area contributed by atoms with Gasteiger partial charge in [0, 0.05) is 13.1 Å². The van der Waals surface area contributed by atoms with Crippen molar-refractivity contribution in [2.45, 2.75) is 26.7 Å². The molecular weight excluding hydrogens is 252 g/mol. The first kappa shape index (κ1) is 13.0. The summed E-state index contributed by atoms with van der Waals surface area (Å²) < 4.78 is 0. The summed E-state index contributed by atoms with van der Waals surface area (Å²) in [7, 11) is 0. The van der Waals surface area contributed by atoms with Crippen molar-refractivity contribution in [1.29, 1.82) is 0 Å². The van der Waals surface area contributed by atoms with Crippen LogP contribution in [0.25, 0.3) is 0 Å². The number of carbonyl (C=O) groups is 2. The Balaban J connectivity index is 2.17. The number of hydrogen-bond donors (Lipinski definition) is 1. The Morgan fingerprint density at radius 2 is 2.33 bits per heavy atom. The van der Waals surface area contributed by atoms with Crippen molar-refractivity contribution in [3.05, 3.63) is 16.1 Å². The predicted octanol–water partition coefficient (Wildman–Crippen LogP) is 1.78. The number of aromatic nitrogens is 1. The van der Waals surface area contributed by atoms with E-state index in [9.17, 15) is 14.7 Å². The predicted molar refractivity (Wildman–Crippen MR) is 67.7 cm³/mol. The van der Waals surface area contributed by atoms with Crippen molar-refractivity contribution in [3.63, 3.8) is 0 Å². The molecule has 0 spiro atoms. The molecule has 1 aromatic heterocycles. The maximum absolute atomic E-state index is 12.3. The second-order valence-electron chi connectivity index (χ2n) is 4.68. The largest absolute Gasteiger partial charge is 0.481 e. The molecule has 18 heavy (non-hydrogen) atoms. The van der Waals surface area contributed by atoms with E-state index in [-0.39, 0.29) is 5.91 Å². The summed E-state index contributed by atoms with van der Waals surface area (Å²) in [6.07, 6.45) is 1.08. The van der Waals surface area contributed by atoms with E-state index in [4.69, 9.17) is 0 Å². The number of hydrogen-bond acceptors (Lipinski definition) is 4. The van der Waals surface area contributed by atoms with Crippen LogP contribution >= 0.6 is 11.3 Å². The first-order chi connectivity index (χ1) is 8.50. The smallest absolute Gasteiger partial charge is 0.311 e. The van der Waals surface area contributed by atoms with Crippen molar-refractivity contribution < 1.29 is 14.7 Å². The number of rotatable bonds is 3. The van der Waals surface area contributed by atoms with Crippen LogP contribution in [0, 0.1) is 12.3 Å². The highest BCUT2D eigenvalue weighted by molar-refractivity contribution is 7.11. The zero-order valence-corrected chi connectivity index (χ0v) is 11.3.